The molecule has 1 aliphatic rings. The average molecular weight is 326 g/mol. The van der Waals surface area contributed by atoms with Crippen molar-refractivity contribution in [1.82, 2.24) is 0 Å². The molecule has 0 saturated carbocycles. The summed E-state index contributed by atoms with van der Waals surface area (Å²) in [7, 11) is 0. The number of para-hydroxylation sites is 3. The van der Waals surface area contributed by atoms with Gasteiger partial charge in [-0.05, 0) is 35.9 Å². The monoisotopic (exact) mass is 326 g/mol. The van der Waals surface area contributed by atoms with Gasteiger partial charge in [-0.3, -0.25) is 0 Å². The van der Waals surface area contributed by atoms with Crippen LogP contribution in [0.4, 0.5) is 35.9 Å². The zero-order chi connectivity index (χ0) is 16.7. The second-order valence-electron chi connectivity index (χ2n) is 5.60. The van der Waals surface area contributed by atoms with Crippen LogP contribution in [0.15, 0.2) is 66.7 Å². The molecule has 0 fully saturated rings. The molecule has 2 nitrogen and oxygen atoms in total. The van der Waals surface area contributed by atoms with Crippen LogP contribution in [0.5, 0.6) is 0 Å². The lowest BCUT2D eigenvalue weighted by atomic mass is 9.99. The van der Waals surface area contributed by atoms with Crippen LogP contribution in [-0.2, 0) is 6.18 Å². The highest BCUT2D eigenvalue weighted by atomic mass is 19.4. The number of benzene rings is 3. The fourth-order valence-electron chi connectivity index (χ4n) is 2.85. The summed E-state index contributed by atoms with van der Waals surface area (Å²) in [6.45, 7) is 0. The first-order chi connectivity index (χ1) is 11.5. The van der Waals surface area contributed by atoms with E-state index in [1.807, 2.05) is 42.5 Å². The van der Waals surface area contributed by atoms with E-state index in [9.17, 15) is 13.2 Å². The van der Waals surface area contributed by atoms with Crippen LogP contribution in [0, 0.1) is 0 Å². The average Bonchev–Trinajstić information content (AvgIpc) is 2.59. The van der Waals surface area contributed by atoms with Crippen LogP contribution < -0.4 is 10.6 Å². The number of fused-ring (bicyclic) bond motifs is 2. The summed E-state index contributed by atoms with van der Waals surface area (Å²) in [5, 5.41) is 6.71. The summed E-state index contributed by atoms with van der Waals surface area (Å²) in [6.07, 6.45) is -4.33. The minimum absolute atomic E-state index is 0.646. The first kappa shape index (κ1) is 14.6. The Morgan fingerprint density at radius 2 is 1.25 bits per heavy atom. The third kappa shape index (κ3) is 2.48. The normalized spacial score (nSPS) is 12.6. The second kappa shape index (κ2) is 5.30. The molecule has 1 heterocycles. The van der Waals surface area contributed by atoms with Crippen molar-refractivity contribution in [2.75, 3.05) is 10.6 Å². The van der Waals surface area contributed by atoms with E-state index < -0.39 is 11.7 Å². The highest BCUT2D eigenvalue weighted by Gasteiger charge is 2.30. The van der Waals surface area contributed by atoms with Gasteiger partial charge in [0.25, 0.3) is 0 Å². The Morgan fingerprint density at radius 3 is 1.92 bits per heavy atom. The predicted molar refractivity (Wildman–Crippen MR) is 89.9 cm³/mol. The van der Waals surface area contributed by atoms with Gasteiger partial charge < -0.3 is 10.6 Å². The van der Waals surface area contributed by atoms with Crippen molar-refractivity contribution in [2.24, 2.45) is 0 Å². The minimum Gasteiger partial charge on any atom is -0.352 e. The molecule has 0 aliphatic carbocycles. The molecule has 0 amide bonds. The molecule has 0 aromatic heterocycles. The first-order valence-corrected chi connectivity index (χ1v) is 7.46. The summed E-state index contributed by atoms with van der Waals surface area (Å²) in [5.41, 5.74) is 4.59. The Labute approximate surface area is 137 Å². The molecule has 3 aromatic rings. The van der Waals surface area contributed by atoms with Gasteiger partial charge in [0.05, 0.1) is 28.3 Å². The largest absolute Gasteiger partial charge is 0.416 e. The van der Waals surface area contributed by atoms with Crippen molar-refractivity contribution in [1.29, 1.82) is 0 Å². The summed E-state index contributed by atoms with van der Waals surface area (Å²) in [6, 6.07) is 18.7. The number of halogens is 3. The fourth-order valence-corrected chi connectivity index (χ4v) is 2.85. The Kier molecular flexibility index (Phi) is 3.23. The molecule has 3 aromatic carbocycles. The number of nitrogens with one attached hydrogen (secondary N) is 2. The maximum absolute atomic E-state index is 12.7. The highest BCUT2D eigenvalue weighted by molar-refractivity contribution is 5.97. The Hall–Kier alpha value is -2.95. The van der Waals surface area contributed by atoms with Gasteiger partial charge in [0.2, 0.25) is 0 Å². The molecule has 0 bridgehead atoms. The molecule has 0 spiro atoms. The Morgan fingerprint density at radius 1 is 0.625 bits per heavy atom. The summed E-state index contributed by atoms with van der Waals surface area (Å²) >= 11 is 0. The van der Waals surface area contributed by atoms with E-state index >= 15 is 0 Å². The van der Waals surface area contributed by atoms with E-state index in [0.29, 0.717) is 0 Å². The molecule has 5 heteroatoms. The molecule has 0 saturated heterocycles. The predicted octanol–water partition coefficient (Wildman–Crippen LogP) is 6.17. The zero-order valence-corrected chi connectivity index (χ0v) is 12.5. The molecule has 24 heavy (non-hydrogen) atoms. The molecule has 1 aliphatic heterocycles. The number of hydrogen-bond acceptors (Lipinski definition) is 2. The molecule has 0 radical (unpaired) electrons. The summed E-state index contributed by atoms with van der Waals surface area (Å²) in [5.74, 6) is 0. The molecule has 0 atom stereocenters. The van der Waals surface area contributed by atoms with Crippen LogP contribution in [0.3, 0.4) is 0 Å². The van der Waals surface area contributed by atoms with Gasteiger partial charge >= 0.3 is 6.18 Å². The highest BCUT2D eigenvalue weighted by Crippen LogP contribution is 2.43. The van der Waals surface area contributed by atoms with Crippen molar-refractivity contribution in [3.8, 4) is 11.1 Å². The molecule has 0 unspecified atom stereocenters. The van der Waals surface area contributed by atoms with Crippen LogP contribution in [0.1, 0.15) is 5.56 Å². The second-order valence-corrected chi connectivity index (χ2v) is 5.60. The quantitative estimate of drug-likeness (QED) is 0.437. The van der Waals surface area contributed by atoms with E-state index in [1.54, 1.807) is 0 Å². The standard InChI is InChI=1S/C19H13F3N2/c20-19(21,22)13-10-8-12(9-11-13)14-4-3-7-17-18(14)24-16-6-2-1-5-15(16)23-17/h1-11,23-24H. The maximum atomic E-state index is 12.7. The van der Waals surface area contributed by atoms with Gasteiger partial charge in [0.1, 0.15) is 0 Å². The zero-order valence-electron chi connectivity index (χ0n) is 12.5. The van der Waals surface area contributed by atoms with Crippen LogP contribution >= 0.6 is 0 Å². The van der Waals surface area contributed by atoms with E-state index in [-0.39, 0.29) is 0 Å². The third-order valence-electron chi connectivity index (χ3n) is 4.04. The molecule has 120 valence electrons. The number of rotatable bonds is 1. The molecule has 2 N–H and O–H groups in total. The molecule has 4 rings (SSSR count). The van der Waals surface area contributed by atoms with E-state index in [0.717, 1.165) is 46.0 Å². The lowest BCUT2D eigenvalue weighted by molar-refractivity contribution is -0.137. The van der Waals surface area contributed by atoms with E-state index in [1.165, 1.54) is 12.1 Å². The molecular formula is C19H13F3N2. The summed E-state index contributed by atoms with van der Waals surface area (Å²) in [4.78, 5) is 0. The van der Waals surface area contributed by atoms with Crippen LogP contribution in [0.2, 0.25) is 0 Å². The molecular weight excluding hydrogens is 313 g/mol. The van der Waals surface area contributed by atoms with Crippen molar-refractivity contribution < 1.29 is 13.2 Å². The first-order valence-electron chi connectivity index (χ1n) is 7.46. The van der Waals surface area contributed by atoms with Gasteiger partial charge in [-0.2, -0.15) is 13.2 Å². The van der Waals surface area contributed by atoms with E-state index in [2.05, 4.69) is 10.6 Å². The van der Waals surface area contributed by atoms with Gasteiger partial charge in [-0.1, -0.05) is 36.4 Å². The van der Waals surface area contributed by atoms with Crippen LogP contribution in [-0.4, -0.2) is 0 Å². The Bertz CT molecular complexity index is 899. The van der Waals surface area contributed by atoms with Gasteiger partial charge in [-0.25, -0.2) is 0 Å². The summed E-state index contributed by atoms with van der Waals surface area (Å²) < 4.78 is 38.2. The number of alkyl halides is 3. The van der Waals surface area contributed by atoms with E-state index in [4.69, 9.17) is 0 Å². The fraction of sp³-hybridized carbons (Fsp3) is 0.0526. The van der Waals surface area contributed by atoms with Crippen molar-refractivity contribution >= 4 is 22.7 Å². The number of anilines is 4. The minimum atomic E-state index is -4.33. The van der Waals surface area contributed by atoms with Crippen LogP contribution in [0.25, 0.3) is 11.1 Å². The smallest absolute Gasteiger partial charge is 0.352 e. The van der Waals surface area contributed by atoms with Crippen molar-refractivity contribution in [2.45, 2.75) is 6.18 Å². The van der Waals surface area contributed by atoms with Gasteiger partial charge in [-0.15, -0.1) is 0 Å². The van der Waals surface area contributed by atoms with Gasteiger partial charge in [0, 0.05) is 5.56 Å². The Balaban J connectivity index is 1.76. The van der Waals surface area contributed by atoms with Gasteiger partial charge in [0.15, 0.2) is 0 Å². The maximum Gasteiger partial charge on any atom is 0.416 e. The third-order valence-corrected chi connectivity index (χ3v) is 4.04. The lowest BCUT2D eigenvalue weighted by Crippen LogP contribution is -2.07. The number of hydrogen-bond donors (Lipinski definition) is 2. The topological polar surface area (TPSA) is 24.1 Å². The van der Waals surface area contributed by atoms with Crippen molar-refractivity contribution in [3.05, 3.63) is 72.3 Å². The lowest BCUT2D eigenvalue weighted by Gasteiger charge is -2.25. The SMILES string of the molecule is FC(F)(F)c1ccc(-c2cccc3c2Nc2ccccc2N3)cc1. The van der Waals surface area contributed by atoms with Crippen molar-refractivity contribution in [3.63, 3.8) is 0 Å².